The highest BCUT2D eigenvalue weighted by atomic mass is 16.4. The summed E-state index contributed by atoms with van der Waals surface area (Å²) in [6, 6.07) is 5.04. The summed E-state index contributed by atoms with van der Waals surface area (Å²) in [5, 5.41) is 9.14. The number of para-hydroxylation sites is 1. The van der Waals surface area contributed by atoms with Crippen LogP contribution in [0, 0.1) is 5.92 Å². The smallest absolute Gasteiger partial charge is 0.338 e. The lowest BCUT2D eigenvalue weighted by Crippen LogP contribution is -2.07. The number of fused-ring (bicyclic) bond motifs is 1. The number of aryl methyl sites for hydroxylation is 1. The number of aromatic carboxylic acids is 1. The predicted octanol–water partition coefficient (Wildman–Crippen LogP) is 4.04. The summed E-state index contributed by atoms with van der Waals surface area (Å²) in [7, 11) is 0. The Morgan fingerprint density at radius 2 is 2.10 bits per heavy atom. The maximum Gasteiger partial charge on any atom is 0.338 e. The van der Waals surface area contributed by atoms with Crippen molar-refractivity contribution >= 4 is 17.1 Å². The van der Waals surface area contributed by atoms with Gasteiger partial charge in [0.15, 0.2) is 11.5 Å². The summed E-state index contributed by atoms with van der Waals surface area (Å²) in [5.74, 6) is 0.486. The van der Waals surface area contributed by atoms with E-state index >= 15 is 0 Å². The molecule has 1 aliphatic rings. The molecular weight excluding hydrogens is 254 g/mol. The molecule has 1 N–H and O–H groups in total. The van der Waals surface area contributed by atoms with Crippen LogP contribution >= 0.6 is 0 Å². The van der Waals surface area contributed by atoms with Gasteiger partial charge in [-0.05, 0) is 24.5 Å². The minimum Gasteiger partial charge on any atom is -0.478 e. The van der Waals surface area contributed by atoms with E-state index in [2.05, 4.69) is 4.98 Å². The van der Waals surface area contributed by atoms with Crippen LogP contribution < -0.4 is 0 Å². The molecule has 0 aliphatic heterocycles. The number of nitrogens with zero attached hydrogens (tertiary/aromatic N) is 1. The van der Waals surface area contributed by atoms with Gasteiger partial charge in [0, 0.05) is 6.42 Å². The number of rotatable bonds is 4. The molecule has 2 aromatic rings. The van der Waals surface area contributed by atoms with Gasteiger partial charge in [-0.3, -0.25) is 0 Å². The Hall–Kier alpha value is -1.84. The van der Waals surface area contributed by atoms with Gasteiger partial charge in [-0.25, -0.2) is 9.78 Å². The van der Waals surface area contributed by atoms with Crippen LogP contribution in [0.15, 0.2) is 22.6 Å². The van der Waals surface area contributed by atoms with E-state index in [1.807, 2.05) is 0 Å². The van der Waals surface area contributed by atoms with Gasteiger partial charge in [-0.2, -0.15) is 0 Å². The van der Waals surface area contributed by atoms with Gasteiger partial charge in [0.25, 0.3) is 0 Å². The first kappa shape index (κ1) is 13.2. The largest absolute Gasteiger partial charge is 0.478 e. The van der Waals surface area contributed by atoms with Crippen molar-refractivity contribution in [3.8, 4) is 0 Å². The minimum atomic E-state index is -0.956. The number of carboxylic acid groups (broad SMARTS) is 1. The van der Waals surface area contributed by atoms with E-state index in [-0.39, 0.29) is 5.56 Å². The fraction of sp³-hybridized carbons (Fsp3) is 0.500. The zero-order valence-electron chi connectivity index (χ0n) is 11.5. The van der Waals surface area contributed by atoms with Crippen LogP contribution in [0.4, 0.5) is 0 Å². The molecule has 0 atom stereocenters. The summed E-state index contributed by atoms with van der Waals surface area (Å²) in [6.07, 6.45) is 8.54. The molecule has 4 heteroatoms. The van der Waals surface area contributed by atoms with Crippen molar-refractivity contribution in [1.29, 1.82) is 0 Å². The fourth-order valence-electron chi connectivity index (χ4n) is 3.08. The molecule has 1 heterocycles. The standard InChI is InChI=1S/C16H19NO3/c18-16(19)12-7-4-8-13-15(12)17-14(20-13)10-9-11-5-2-1-3-6-11/h4,7-8,11H,1-3,5-6,9-10H2,(H,18,19). The number of carboxylic acids is 1. The molecule has 20 heavy (non-hydrogen) atoms. The van der Waals surface area contributed by atoms with Crippen molar-refractivity contribution in [2.45, 2.75) is 44.9 Å². The lowest BCUT2D eigenvalue weighted by Gasteiger charge is -2.20. The van der Waals surface area contributed by atoms with Crippen molar-refractivity contribution < 1.29 is 14.3 Å². The molecule has 1 saturated carbocycles. The van der Waals surface area contributed by atoms with Crippen molar-refractivity contribution in [3.63, 3.8) is 0 Å². The lowest BCUT2D eigenvalue weighted by atomic mass is 9.86. The highest BCUT2D eigenvalue weighted by Gasteiger charge is 2.17. The van der Waals surface area contributed by atoms with E-state index in [4.69, 9.17) is 9.52 Å². The Morgan fingerprint density at radius 1 is 1.30 bits per heavy atom. The molecule has 1 aromatic heterocycles. The first-order valence-electron chi connectivity index (χ1n) is 7.36. The first-order valence-corrected chi connectivity index (χ1v) is 7.36. The second-order valence-corrected chi connectivity index (χ2v) is 5.61. The molecule has 0 unspecified atom stereocenters. The van der Waals surface area contributed by atoms with E-state index in [1.54, 1.807) is 18.2 Å². The maximum absolute atomic E-state index is 11.1. The average molecular weight is 273 g/mol. The Bertz CT molecular complexity index is 611. The third-order valence-electron chi connectivity index (χ3n) is 4.18. The summed E-state index contributed by atoms with van der Waals surface area (Å²) < 4.78 is 5.68. The Kier molecular flexibility index (Phi) is 3.72. The molecule has 0 saturated heterocycles. The van der Waals surface area contributed by atoms with Crippen LogP contribution in [0.3, 0.4) is 0 Å². The van der Waals surface area contributed by atoms with Crippen LogP contribution in [0.1, 0.15) is 54.8 Å². The van der Waals surface area contributed by atoms with Gasteiger partial charge < -0.3 is 9.52 Å². The van der Waals surface area contributed by atoms with Crippen LogP contribution in [0.2, 0.25) is 0 Å². The van der Waals surface area contributed by atoms with E-state index in [0.29, 0.717) is 17.0 Å². The number of hydrogen-bond donors (Lipinski definition) is 1. The Morgan fingerprint density at radius 3 is 2.85 bits per heavy atom. The predicted molar refractivity (Wildman–Crippen MR) is 75.9 cm³/mol. The van der Waals surface area contributed by atoms with Gasteiger partial charge in [0.1, 0.15) is 5.52 Å². The van der Waals surface area contributed by atoms with Crippen molar-refractivity contribution in [2.75, 3.05) is 0 Å². The van der Waals surface area contributed by atoms with E-state index in [0.717, 1.165) is 18.8 Å². The summed E-state index contributed by atoms with van der Waals surface area (Å²) in [4.78, 5) is 15.5. The normalized spacial score (nSPS) is 16.6. The van der Waals surface area contributed by atoms with Crippen molar-refractivity contribution in [3.05, 3.63) is 29.7 Å². The van der Waals surface area contributed by atoms with Crippen LogP contribution in [0.25, 0.3) is 11.1 Å². The summed E-state index contributed by atoms with van der Waals surface area (Å²) in [6.45, 7) is 0. The van der Waals surface area contributed by atoms with E-state index in [1.165, 1.54) is 32.1 Å². The molecule has 1 aromatic carbocycles. The molecule has 1 aliphatic carbocycles. The van der Waals surface area contributed by atoms with E-state index < -0.39 is 5.97 Å². The lowest BCUT2D eigenvalue weighted by molar-refractivity contribution is 0.0699. The molecule has 4 nitrogen and oxygen atoms in total. The molecule has 0 bridgehead atoms. The molecular formula is C16H19NO3. The van der Waals surface area contributed by atoms with E-state index in [9.17, 15) is 4.79 Å². The number of carbonyl (C=O) groups is 1. The topological polar surface area (TPSA) is 63.3 Å². The summed E-state index contributed by atoms with van der Waals surface area (Å²) in [5.41, 5.74) is 1.26. The summed E-state index contributed by atoms with van der Waals surface area (Å²) >= 11 is 0. The average Bonchev–Trinajstić information content (AvgIpc) is 2.88. The minimum absolute atomic E-state index is 0.218. The van der Waals surface area contributed by atoms with Crippen LogP contribution in [-0.4, -0.2) is 16.1 Å². The molecule has 3 rings (SSSR count). The molecule has 0 amide bonds. The number of oxazole rings is 1. The zero-order chi connectivity index (χ0) is 13.9. The maximum atomic E-state index is 11.1. The monoisotopic (exact) mass is 273 g/mol. The van der Waals surface area contributed by atoms with Gasteiger partial charge in [0.2, 0.25) is 0 Å². The zero-order valence-corrected chi connectivity index (χ0v) is 11.5. The quantitative estimate of drug-likeness (QED) is 0.913. The van der Waals surface area contributed by atoms with Gasteiger partial charge in [-0.1, -0.05) is 38.2 Å². The molecule has 1 fully saturated rings. The Labute approximate surface area is 117 Å². The third kappa shape index (κ3) is 2.69. The highest BCUT2D eigenvalue weighted by Crippen LogP contribution is 2.28. The number of hydrogen-bond acceptors (Lipinski definition) is 3. The number of benzene rings is 1. The van der Waals surface area contributed by atoms with Gasteiger partial charge in [0.05, 0.1) is 5.56 Å². The van der Waals surface area contributed by atoms with Crippen LogP contribution in [0.5, 0.6) is 0 Å². The SMILES string of the molecule is O=C(O)c1cccc2oc(CCC3CCCCC3)nc12. The highest BCUT2D eigenvalue weighted by molar-refractivity contribution is 6.00. The second kappa shape index (κ2) is 5.65. The van der Waals surface area contributed by atoms with Crippen molar-refractivity contribution in [2.24, 2.45) is 5.92 Å². The second-order valence-electron chi connectivity index (χ2n) is 5.61. The number of aromatic nitrogens is 1. The van der Waals surface area contributed by atoms with Gasteiger partial charge in [-0.15, -0.1) is 0 Å². The molecule has 0 radical (unpaired) electrons. The molecule has 106 valence electrons. The molecule has 0 spiro atoms. The Balaban J connectivity index is 1.75. The van der Waals surface area contributed by atoms with Gasteiger partial charge >= 0.3 is 5.97 Å². The van der Waals surface area contributed by atoms with Crippen LogP contribution in [-0.2, 0) is 6.42 Å². The fourth-order valence-corrected chi connectivity index (χ4v) is 3.08. The first-order chi connectivity index (χ1) is 9.74. The third-order valence-corrected chi connectivity index (χ3v) is 4.18. The van der Waals surface area contributed by atoms with Crippen molar-refractivity contribution in [1.82, 2.24) is 4.98 Å².